The SMILES string of the molecule is O=C1N=C(Cl)C(Cl)=CC1Cl. The van der Waals surface area contributed by atoms with Gasteiger partial charge in [-0.3, -0.25) is 4.79 Å². The van der Waals surface area contributed by atoms with Crippen LogP contribution < -0.4 is 0 Å². The molecule has 54 valence electrons. The zero-order valence-electron chi connectivity index (χ0n) is 4.64. The highest BCUT2D eigenvalue weighted by Gasteiger charge is 2.19. The van der Waals surface area contributed by atoms with E-state index < -0.39 is 11.3 Å². The standard InChI is InChI=1S/C5H2Cl3NO/c6-2-1-3(7)5(10)9-4(2)8/h1,3H. The van der Waals surface area contributed by atoms with Crippen molar-refractivity contribution in [1.29, 1.82) is 0 Å². The van der Waals surface area contributed by atoms with Crippen molar-refractivity contribution < 1.29 is 4.79 Å². The number of dihydropyridines is 1. The molecule has 1 heterocycles. The van der Waals surface area contributed by atoms with Gasteiger partial charge in [-0.25, -0.2) is 0 Å². The van der Waals surface area contributed by atoms with Crippen molar-refractivity contribution in [2.75, 3.05) is 0 Å². The highest BCUT2D eigenvalue weighted by Crippen LogP contribution is 2.18. The third-order valence-electron chi connectivity index (χ3n) is 0.934. The van der Waals surface area contributed by atoms with Crippen LogP contribution in [0.4, 0.5) is 0 Å². The molecule has 0 N–H and O–H groups in total. The van der Waals surface area contributed by atoms with Crippen molar-refractivity contribution in [3.05, 3.63) is 11.1 Å². The van der Waals surface area contributed by atoms with Gasteiger partial charge in [0.1, 0.15) is 5.38 Å². The van der Waals surface area contributed by atoms with Crippen molar-refractivity contribution in [2.24, 2.45) is 4.99 Å². The molecule has 1 aliphatic heterocycles. The summed E-state index contributed by atoms with van der Waals surface area (Å²) in [7, 11) is 0. The number of amides is 1. The van der Waals surface area contributed by atoms with Crippen LogP contribution >= 0.6 is 34.8 Å². The molecular formula is C5H2Cl3NO. The minimum Gasteiger partial charge on any atom is -0.270 e. The van der Waals surface area contributed by atoms with Gasteiger partial charge in [0.15, 0.2) is 5.17 Å². The first-order valence-electron chi connectivity index (χ1n) is 2.41. The molecule has 0 aromatic heterocycles. The van der Waals surface area contributed by atoms with Crippen LogP contribution in [0.5, 0.6) is 0 Å². The molecule has 1 atom stereocenters. The number of nitrogens with zero attached hydrogens (tertiary/aromatic N) is 1. The fourth-order valence-corrected chi connectivity index (χ4v) is 1.03. The number of allylic oxidation sites excluding steroid dienone is 1. The first-order valence-corrected chi connectivity index (χ1v) is 3.60. The minimum atomic E-state index is -0.769. The first kappa shape index (κ1) is 8.05. The van der Waals surface area contributed by atoms with E-state index in [1.807, 2.05) is 0 Å². The summed E-state index contributed by atoms with van der Waals surface area (Å²) in [5, 5.41) is -0.542. The van der Waals surface area contributed by atoms with Crippen LogP contribution in [0, 0.1) is 0 Å². The summed E-state index contributed by atoms with van der Waals surface area (Å²) in [6, 6.07) is 0. The molecule has 10 heavy (non-hydrogen) atoms. The summed E-state index contributed by atoms with van der Waals surface area (Å²) in [6.07, 6.45) is 1.35. The Kier molecular flexibility index (Phi) is 2.34. The molecule has 1 unspecified atom stereocenters. The third-order valence-corrected chi connectivity index (χ3v) is 1.94. The van der Waals surface area contributed by atoms with Gasteiger partial charge in [-0.1, -0.05) is 23.2 Å². The zero-order valence-corrected chi connectivity index (χ0v) is 6.91. The lowest BCUT2D eigenvalue weighted by Gasteiger charge is -2.05. The van der Waals surface area contributed by atoms with Crippen LogP contribution in [0.15, 0.2) is 16.1 Å². The number of hydrogen-bond acceptors (Lipinski definition) is 1. The second-order valence-corrected chi connectivity index (χ2v) is 2.89. The van der Waals surface area contributed by atoms with Gasteiger partial charge in [0, 0.05) is 0 Å². The van der Waals surface area contributed by atoms with Gasteiger partial charge in [0.25, 0.3) is 5.91 Å². The molecule has 0 fully saturated rings. The molecule has 1 rings (SSSR count). The maximum Gasteiger partial charge on any atom is 0.269 e. The van der Waals surface area contributed by atoms with Crippen molar-refractivity contribution in [2.45, 2.75) is 5.38 Å². The van der Waals surface area contributed by atoms with E-state index in [2.05, 4.69) is 4.99 Å². The molecule has 0 spiro atoms. The summed E-state index contributed by atoms with van der Waals surface area (Å²) >= 11 is 16.3. The highest BCUT2D eigenvalue weighted by molar-refractivity contribution is 6.77. The molecule has 0 aromatic rings. The van der Waals surface area contributed by atoms with E-state index in [-0.39, 0.29) is 10.2 Å². The van der Waals surface area contributed by atoms with Gasteiger partial charge in [-0.15, -0.1) is 11.6 Å². The van der Waals surface area contributed by atoms with Gasteiger partial charge in [0.2, 0.25) is 0 Å². The first-order chi connectivity index (χ1) is 4.61. The summed E-state index contributed by atoms with van der Waals surface area (Å²) in [5.74, 6) is -0.476. The molecule has 0 radical (unpaired) electrons. The predicted molar refractivity (Wildman–Crippen MR) is 41.9 cm³/mol. The monoisotopic (exact) mass is 197 g/mol. The quantitative estimate of drug-likeness (QED) is 0.547. The Morgan fingerprint density at radius 1 is 1.50 bits per heavy atom. The summed E-state index contributed by atoms with van der Waals surface area (Å²) in [4.78, 5) is 14.0. The largest absolute Gasteiger partial charge is 0.270 e. The number of hydrogen-bond donors (Lipinski definition) is 0. The second kappa shape index (κ2) is 2.91. The molecule has 5 heteroatoms. The number of rotatable bonds is 0. The normalized spacial score (nSPS) is 25.9. The van der Waals surface area contributed by atoms with Crippen LogP contribution in [0.3, 0.4) is 0 Å². The van der Waals surface area contributed by atoms with Crippen molar-refractivity contribution in [3.8, 4) is 0 Å². The lowest BCUT2D eigenvalue weighted by Crippen LogP contribution is -2.15. The fourth-order valence-electron chi connectivity index (χ4n) is 0.480. The van der Waals surface area contributed by atoms with Gasteiger partial charge in [0.05, 0.1) is 5.03 Å². The number of aliphatic imine (C=N–C) groups is 1. The Balaban J connectivity index is 2.94. The van der Waals surface area contributed by atoms with Crippen molar-refractivity contribution in [1.82, 2.24) is 0 Å². The van der Waals surface area contributed by atoms with E-state index in [1.54, 1.807) is 0 Å². The third kappa shape index (κ3) is 1.51. The fraction of sp³-hybridized carbons (Fsp3) is 0.200. The molecule has 0 saturated heterocycles. The average molecular weight is 198 g/mol. The number of alkyl halides is 1. The molecular weight excluding hydrogens is 196 g/mol. The smallest absolute Gasteiger partial charge is 0.269 e. The number of carbonyl (C=O) groups excluding carboxylic acids is 1. The Bertz CT molecular complexity index is 233. The van der Waals surface area contributed by atoms with E-state index in [1.165, 1.54) is 6.08 Å². The average Bonchev–Trinajstić information content (AvgIpc) is 1.84. The summed E-state index contributed by atoms with van der Waals surface area (Å²) in [6.45, 7) is 0. The molecule has 0 aromatic carbocycles. The molecule has 0 aliphatic carbocycles. The maximum atomic E-state index is 10.6. The van der Waals surface area contributed by atoms with Crippen molar-refractivity contribution in [3.63, 3.8) is 0 Å². The molecule has 1 aliphatic rings. The van der Waals surface area contributed by atoms with Crippen LogP contribution in [-0.4, -0.2) is 16.5 Å². The lowest BCUT2D eigenvalue weighted by atomic mass is 10.3. The lowest BCUT2D eigenvalue weighted by molar-refractivity contribution is -0.116. The van der Waals surface area contributed by atoms with Crippen molar-refractivity contribution >= 4 is 45.9 Å². The molecule has 2 nitrogen and oxygen atoms in total. The summed E-state index contributed by atoms with van der Waals surface area (Å²) in [5.41, 5.74) is 0. The summed E-state index contributed by atoms with van der Waals surface area (Å²) < 4.78 is 0. The van der Waals surface area contributed by atoms with E-state index in [0.29, 0.717) is 0 Å². The Morgan fingerprint density at radius 3 is 2.60 bits per heavy atom. The van der Waals surface area contributed by atoms with Crippen LogP contribution in [0.2, 0.25) is 0 Å². The van der Waals surface area contributed by atoms with E-state index in [0.717, 1.165) is 0 Å². The Morgan fingerprint density at radius 2 is 2.10 bits per heavy atom. The van der Waals surface area contributed by atoms with E-state index in [9.17, 15) is 4.79 Å². The van der Waals surface area contributed by atoms with Gasteiger partial charge in [-0.2, -0.15) is 4.99 Å². The zero-order chi connectivity index (χ0) is 7.72. The van der Waals surface area contributed by atoms with Gasteiger partial charge in [-0.05, 0) is 6.08 Å². The minimum absolute atomic E-state index is 0.00330. The maximum absolute atomic E-state index is 10.6. The Labute approximate surface area is 72.5 Å². The van der Waals surface area contributed by atoms with E-state index >= 15 is 0 Å². The second-order valence-electron chi connectivity index (χ2n) is 1.66. The Hall–Kier alpha value is -0.0500. The van der Waals surface area contributed by atoms with Crippen LogP contribution in [0.25, 0.3) is 0 Å². The highest BCUT2D eigenvalue weighted by atomic mass is 35.5. The van der Waals surface area contributed by atoms with Gasteiger partial charge >= 0.3 is 0 Å². The van der Waals surface area contributed by atoms with Crippen LogP contribution in [-0.2, 0) is 4.79 Å². The van der Waals surface area contributed by atoms with Crippen LogP contribution in [0.1, 0.15) is 0 Å². The molecule has 1 amide bonds. The predicted octanol–water partition coefficient (Wildman–Crippen LogP) is 1.89. The number of halogens is 3. The molecule has 0 saturated carbocycles. The van der Waals surface area contributed by atoms with Gasteiger partial charge < -0.3 is 0 Å². The topological polar surface area (TPSA) is 29.4 Å². The molecule has 0 bridgehead atoms. The number of carbonyl (C=O) groups is 1. The van der Waals surface area contributed by atoms with E-state index in [4.69, 9.17) is 34.8 Å².